The van der Waals surface area contributed by atoms with Crippen molar-refractivity contribution < 1.29 is 0 Å². The minimum absolute atomic E-state index is 0.495. The first-order valence-corrected chi connectivity index (χ1v) is 8.05. The van der Waals surface area contributed by atoms with Crippen LogP contribution in [0.25, 0.3) is 0 Å². The SMILES string of the molecule is CC(C)c1ccccc1NC1CCCc2sccc21. The predicted molar refractivity (Wildman–Crippen MR) is 84.2 cm³/mol. The summed E-state index contributed by atoms with van der Waals surface area (Å²) >= 11 is 1.91. The van der Waals surface area contributed by atoms with Gasteiger partial charge >= 0.3 is 0 Å². The molecule has 1 aliphatic rings. The number of rotatable bonds is 3. The number of hydrogen-bond acceptors (Lipinski definition) is 2. The fourth-order valence-corrected chi connectivity index (χ4v) is 3.94. The number of fused-ring (bicyclic) bond motifs is 1. The van der Waals surface area contributed by atoms with E-state index in [0.29, 0.717) is 12.0 Å². The molecule has 0 amide bonds. The van der Waals surface area contributed by atoms with Crippen molar-refractivity contribution in [1.29, 1.82) is 0 Å². The summed E-state index contributed by atoms with van der Waals surface area (Å²) in [6.07, 6.45) is 3.81. The summed E-state index contributed by atoms with van der Waals surface area (Å²) < 4.78 is 0. The third kappa shape index (κ3) is 2.55. The maximum atomic E-state index is 3.78. The first kappa shape index (κ1) is 12.7. The monoisotopic (exact) mass is 271 g/mol. The van der Waals surface area contributed by atoms with Crippen LogP contribution in [-0.2, 0) is 6.42 Å². The Labute approximate surface area is 119 Å². The molecular weight excluding hydrogens is 250 g/mol. The zero-order chi connectivity index (χ0) is 13.2. The average Bonchev–Trinajstić information content (AvgIpc) is 2.88. The lowest BCUT2D eigenvalue weighted by atomic mass is 9.93. The van der Waals surface area contributed by atoms with Gasteiger partial charge in [-0.05, 0) is 53.8 Å². The van der Waals surface area contributed by atoms with E-state index in [0.717, 1.165) is 0 Å². The zero-order valence-electron chi connectivity index (χ0n) is 11.6. The maximum absolute atomic E-state index is 3.78. The van der Waals surface area contributed by atoms with Gasteiger partial charge in [-0.15, -0.1) is 11.3 Å². The lowest BCUT2D eigenvalue weighted by Crippen LogP contribution is -2.16. The largest absolute Gasteiger partial charge is 0.378 e. The smallest absolute Gasteiger partial charge is 0.0525 e. The molecule has 0 fully saturated rings. The van der Waals surface area contributed by atoms with Gasteiger partial charge in [0.2, 0.25) is 0 Å². The molecule has 0 bridgehead atoms. The Morgan fingerprint density at radius 2 is 2.05 bits per heavy atom. The number of thiophene rings is 1. The molecule has 1 heterocycles. The van der Waals surface area contributed by atoms with Crippen molar-refractivity contribution >= 4 is 17.0 Å². The van der Waals surface area contributed by atoms with Gasteiger partial charge in [-0.2, -0.15) is 0 Å². The predicted octanol–water partition coefficient (Wildman–Crippen LogP) is 5.36. The van der Waals surface area contributed by atoms with Gasteiger partial charge in [-0.3, -0.25) is 0 Å². The molecule has 1 N–H and O–H groups in total. The second kappa shape index (κ2) is 5.38. The third-order valence-corrected chi connectivity index (χ3v) is 4.96. The molecule has 1 aromatic heterocycles. The zero-order valence-corrected chi connectivity index (χ0v) is 12.5. The fraction of sp³-hybridized carbons (Fsp3) is 0.412. The van der Waals surface area contributed by atoms with Crippen molar-refractivity contribution in [3.8, 4) is 0 Å². The first-order valence-electron chi connectivity index (χ1n) is 7.17. The van der Waals surface area contributed by atoms with E-state index in [9.17, 15) is 0 Å². The van der Waals surface area contributed by atoms with E-state index < -0.39 is 0 Å². The summed E-state index contributed by atoms with van der Waals surface area (Å²) in [5.41, 5.74) is 4.25. The summed E-state index contributed by atoms with van der Waals surface area (Å²) in [4.78, 5) is 1.57. The van der Waals surface area contributed by atoms with Gasteiger partial charge < -0.3 is 5.32 Å². The van der Waals surface area contributed by atoms with E-state index in [1.165, 1.54) is 36.1 Å². The molecule has 3 rings (SSSR count). The van der Waals surface area contributed by atoms with Gasteiger partial charge in [-0.1, -0.05) is 32.0 Å². The normalized spacial score (nSPS) is 18.4. The third-order valence-electron chi connectivity index (χ3n) is 3.96. The Bertz CT molecular complexity index is 556. The van der Waals surface area contributed by atoms with Crippen molar-refractivity contribution in [3.63, 3.8) is 0 Å². The molecule has 2 heteroatoms. The molecule has 1 aromatic carbocycles. The quantitative estimate of drug-likeness (QED) is 0.792. The Kier molecular flexibility index (Phi) is 3.61. The van der Waals surface area contributed by atoms with Gasteiger partial charge in [-0.25, -0.2) is 0 Å². The summed E-state index contributed by atoms with van der Waals surface area (Å²) in [6, 6.07) is 11.5. The molecule has 0 saturated carbocycles. The molecule has 1 unspecified atom stereocenters. The minimum Gasteiger partial charge on any atom is -0.378 e. The molecule has 100 valence electrons. The topological polar surface area (TPSA) is 12.0 Å². The molecule has 19 heavy (non-hydrogen) atoms. The van der Waals surface area contributed by atoms with E-state index in [4.69, 9.17) is 0 Å². The van der Waals surface area contributed by atoms with Crippen molar-refractivity contribution in [2.45, 2.75) is 45.1 Å². The van der Waals surface area contributed by atoms with Gasteiger partial charge in [0, 0.05) is 10.6 Å². The van der Waals surface area contributed by atoms with Gasteiger partial charge in [0.25, 0.3) is 0 Å². The summed E-state index contributed by atoms with van der Waals surface area (Å²) in [5, 5.41) is 6.01. The molecule has 0 spiro atoms. The van der Waals surface area contributed by atoms with E-state index in [1.54, 1.807) is 4.88 Å². The highest BCUT2D eigenvalue weighted by atomic mass is 32.1. The van der Waals surface area contributed by atoms with Crippen LogP contribution in [0.4, 0.5) is 5.69 Å². The van der Waals surface area contributed by atoms with Crippen LogP contribution in [0.2, 0.25) is 0 Å². The van der Waals surface area contributed by atoms with Crippen LogP contribution >= 0.6 is 11.3 Å². The van der Waals surface area contributed by atoms with Crippen LogP contribution in [0.15, 0.2) is 35.7 Å². The molecule has 0 radical (unpaired) electrons. The number of benzene rings is 1. The van der Waals surface area contributed by atoms with Crippen LogP contribution in [0.3, 0.4) is 0 Å². The number of aryl methyl sites for hydroxylation is 1. The minimum atomic E-state index is 0.495. The Balaban J connectivity index is 1.88. The number of nitrogens with one attached hydrogen (secondary N) is 1. The van der Waals surface area contributed by atoms with E-state index in [-0.39, 0.29) is 0 Å². The van der Waals surface area contributed by atoms with E-state index in [2.05, 4.69) is 54.9 Å². The average molecular weight is 271 g/mol. The van der Waals surface area contributed by atoms with Crippen LogP contribution in [-0.4, -0.2) is 0 Å². The van der Waals surface area contributed by atoms with Crippen molar-refractivity contribution in [2.75, 3.05) is 5.32 Å². The molecule has 0 saturated heterocycles. The number of hydrogen-bond donors (Lipinski definition) is 1. The lowest BCUT2D eigenvalue weighted by molar-refractivity contribution is 0.607. The first-order chi connectivity index (χ1) is 9.25. The molecule has 1 atom stereocenters. The van der Waals surface area contributed by atoms with Gasteiger partial charge in [0.05, 0.1) is 6.04 Å². The van der Waals surface area contributed by atoms with Crippen molar-refractivity contribution in [1.82, 2.24) is 0 Å². The summed E-state index contributed by atoms with van der Waals surface area (Å²) in [6.45, 7) is 4.52. The maximum Gasteiger partial charge on any atom is 0.0525 e. The van der Waals surface area contributed by atoms with Gasteiger partial charge in [0.15, 0.2) is 0 Å². The molecular formula is C17H21NS. The summed E-state index contributed by atoms with van der Waals surface area (Å²) in [7, 11) is 0. The van der Waals surface area contributed by atoms with Crippen LogP contribution < -0.4 is 5.32 Å². The second-order valence-corrected chi connectivity index (χ2v) is 6.63. The molecule has 0 aliphatic heterocycles. The Morgan fingerprint density at radius 1 is 1.21 bits per heavy atom. The Hall–Kier alpha value is -1.28. The standard InChI is InChI=1S/C17H21NS/c1-12(2)13-6-3-4-7-15(13)18-16-8-5-9-17-14(16)10-11-19-17/h3-4,6-7,10-12,16,18H,5,8-9H2,1-2H3. The van der Waals surface area contributed by atoms with Crippen LogP contribution in [0.5, 0.6) is 0 Å². The highest BCUT2D eigenvalue weighted by Gasteiger charge is 2.21. The van der Waals surface area contributed by atoms with Crippen LogP contribution in [0.1, 0.15) is 54.7 Å². The number of para-hydroxylation sites is 1. The van der Waals surface area contributed by atoms with Gasteiger partial charge in [0.1, 0.15) is 0 Å². The molecule has 1 aliphatic carbocycles. The second-order valence-electron chi connectivity index (χ2n) is 5.63. The Morgan fingerprint density at radius 3 is 2.89 bits per heavy atom. The van der Waals surface area contributed by atoms with E-state index in [1.807, 2.05) is 11.3 Å². The fourth-order valence-electron chi connectivity index (χ4n) is 2.96. The molecule has 2 aromatic rings. The van der Waals surface area contributed by atoms with Crippen molar-refractivity contribution in [2.24, 2.45) is 0 Å². The number of anilines is 1. The van der Waals surface area contributed by atoms with Crippen molar-refractivity contribution in [3.05, 3.63) is 51.7 Å². The lowest BCUT2D eigenvalue weighted by Gasteiger charge is -2.26. The molecule has 1 nitrogen and oxygen atoms in total. The summed E-state index contributed by atoms with van der Waals surface area (Å²) in [5.74, 6) is 0.564. The highest BCUT2D eigenvalue weighted by Crippen LogP contribution is 2.36. The van der Waals surface area contributed by atoms with E-state index >= 15 is 0 Å². The van der Waals surface area contributed by atoms with Crippen LogP contribution in [0, 0.1) is 0 Å². The highest BCUT2D eigenvalue weighted by molar-refractivity contribution is 7.10.